The third-order valence-corrected chi connectivity index (χ3v) is 3.82. The Balaban J connectivity index is 1.84. The molecule has 4 rings (SSSR count). The number of carbonyl (C=O) groups is 2. The van der Waals surface area contributed by atoms with Crippen molar-refractivity contribution in [2.45, 2.75) is 12.6 Å². The molecular weight excluding hydrogens is 294 g/mol. The number of nitrogens with one attached hydrogen (secondary N) is 2. The zero-order valence-corrected chi connectivity index (χ0v) is 12.1. The van der Waals surface area contributed by atoms with E-state index in [1.807, 2.05) is 41.1 Å². The van der Waals surface area contributed by atoms with Crippen molar-refractivity contribution in [3.05, 3.63) is 48.7 Å². The largest absolute Gasteiger partial charge is 0.343 e. The number of allylic oxidation sites excluding steroid dienone is 1. The number of nitrogens with zero attached hydrogens (tertiary/aromatic N) is 3. The summed E-state index contributed by atoms with van der Waals surface area (Å²) < 4.78 is 2.04. The van der Waals surface area contributed by atoms with Gasteiger partial charge in [-0.3, -0.25) is 15.4 Å². The van der Waals surface area contributed by atoms with E-state index in [1.165, 1.54) is 0 Å². The molecule has 2 aliphatic heterocycles. The maximum absolute atomic E-state index is 11.9. The highest BCUT2D eigenvalue weighted by molar-refractivity contribution is 6.28. The van der Waals surface area contributed by atoms with Crippen molar-refractivity contribution in [2.24, 2.45) is 9.98 Å². The second-order valence-electron chi connectivity index (χ2n) is 5.30. The third-order valence-electron chi connectivity index (χ3n) is 3.82. The molecule has 1 atom stereocenters. The molecule has 2 N–H and O–H groups in total. The summed E-state index contributed by atoms with van der Waals surface area (Å²) in [5, 5.41) is 5.71. The van der Waals surface area contributed by atoms with E-state index in [0.29, 0.717) is 12.4 Å². The van der Waals surface area contributed by atoms with Crippen molar-refractivity contribution in [1.82, 2.24) is 15.2 Å². The number of hydrogen-bond donors (Lipinski definition) is 2. The number of aliphatic imine (C=N–C) groups is 2. The first kappa shape index (κ1) is 13.4. The first-order valence-corrected chi connectivity index (χ1v) is 7.15. The molecular formula is C16H13N5O2. The fourth-order valence-corrected chi connectivity index (χ4v) is 2.84. The van der Waals surface area contributed by atoms with Crippen LogP contribution in [-0.4, -0.2) is 34.2 Å². The molecule has 1 fully saturated rings. The van der Waals surface area contributed by atoms with Crippen LogP contribution in [0.15, 0.2) is 53.1 Å². The summed E-state index contributed by atoms with van der Waals surface area (Å²) in [6, 6.07) is 6.52. The first-order chi connectivity index (χ1) is 11.2. The van der Waals surface area contributed by atoms with Gasteiger partial charge in [0.1, 0.15) is 5.84 Å². The zero-order valence-electron chi connectivity index (χ0n) is 12.1. The van der Waals surface area contributed by atoms with Gasteiger partial charge in [-0.2, -0.15) is 0 Å². The Morgan fingerprint density at radius 3 is 2.91 bits per heavy atom. The monoisotopic (exact) mass is 307 g/mol. The molecule has 1 aromatic heterocycles. The quantitative estimate of drug-likeness (QED) is 0.834. The molecule has 7 heteroatoms. The summed E-state index contributed by atoms with van der Waals surface area (Å²) in [6.45, 7) is 4.43. The van der Waals surface area contributed by atoms with Gasteiger partial charge in [0.2, 0.25) is 0 Å². The number of fused-ring (bicyclic) bond motifs is 2. The van der Waals surface area contributed by atoms with E-state index in [-0.39, 0.29) is 5.84 Å². The van der Waals surface area contributed by atoms with Gasteiger partial charge in [-0.1, -0.05) is 24.3 Å². The van der Waals surface area contributed by atoms with Gasteiger partial charge < -0.3 is 4.57 Å². The highest BCUT2D eigenvalue weighted by atomic mass is 16.2. The minimum absolute atomic E-state index is 0.273. The lowest BCUT2D eigenvalue weighted by molar-refractivity contribution is -0.120. The maximum atomic E-state index is 11.9. The molecule has 0 aliphatic carbocycles. The smallest absolute Gasteiger partial charge is 0.326 e. The average molecular weight is 307 g/mol. The standard InChI is InChI=1S/C16H13N5O2/c1-2-7-21-8-10(9-5-3-4-6-11(9)21)13-17-12-14(18-13)19-16(23)20-15(12)22/h2-6,8,12H,1,7H2,(H2,17,18,19,20,22,23)/t12-/m1/s1. The van der Waals surface area contributed by atoms with E-state index in [9.17, 15) is 9.59 Å². The number of imide groups is 1. The van der Waals surface area contributed by atoms with Gasteiger partial charge in [0.15, 0.2) is 11.9 Å². The van der Waals surface area contributed by atoms with Gasteiger partial charge in [0.25, 0.3) is 5.91 Å². The molecule has 0 unspecified atom stereocenters. The highest BCUT2D eigenvalue weighted by Crippen LogP contribution is 2.25. The summed E-state index contributed by atoms with van der Waals surface area (Å²) in [5.41, 5.74) is 1.86. The van der Waals surface area contributed by atoms with E-state index < -0.39 is 18.0 Å². The normalized spacial score (nSPS) is 19.7. The predicted octanol–water partition coefficient (Wildman–Crippen LogP) is 1.19. The van der Waals surface area contributed by atoms with Crippen molar-refractivity contribution in [3.63, 3.8) is 0 Å². The Labute approximate surface area is 131 Å². The molecule has 1 saturated heterocycles. The molecule has 2 aliphatic rings. The summed E-state index contributed by atoms with van der Waals surface area (Å²) >= 11 is 0. The Morgan fingerprint density at radius 2 is 2.09 bits per heavy atom. The number of carbonyl (C=O) groups excluding carboxylic acids is 2. The molecule has 23 heavy (non-hydrogen) atoms. The lowest BCUT2D eigenvalue weighted by atomic mass is 10.1. The van der Waals surface area contributed by atoms with Gasteiger partial charge in [-0.15, -0.1) is 6.58 Å². The second kappa shape index (κ2) is 4.91. The van der Waals surface area contributed by atoms with Crippen molar-refractivity contribution in [3.8, 4) is 0 Å². The number of benzene rings is 1. The zero-order chi connectivity index (χ0) is 16.0. The number of urea groups is 1. The molecule has 7 nitrogen and oxygen atoms in total. The van der Waals surface area contributed by atoms with Crippen LogP contribution in [0.25, 0.3) is 10.9 Å². The van der Waals surface area contributed by atoms with E-state index in [0.717, 1.165) is 16.5 Å². The van der Waals surface area contributed by atoms with Crippen LogP contribution in [-0.2, 0) is 11.3 Å². The predicted molar refractivity (Wildman–Crippen MR) is 86.6 cm³/mol. The number of aromatic nitrogens is 1. The molecule has 0 spiro atoms. The van der Waals surface area contributed by atoms with Gasteiger partial charge in [0, 0.05) is 29.2 Å². The fraction of sp³-hybridized carbons (Fsp3) is 0.125. The minimum atomic E-state index is -0.788. The number of amidine groups is 2. The molecule has 2 aromatic rings. The van der Waals surface area contributed by atoms with Gasteiger partial charge >= 0.3 is 6.03 Å². The summed E-state index contributed by atoms with van der Waals surface area (Å²) in [6.07, 6.45) is 3.75. The van der Waals surface area contributed by atoms with Gasteiger partial charge in [-0.25, -0.2) is 14.8 Å². The fourth-order valence-electron chi connectivity index (χ4n) is 2.84. The first-order valence-electron chi connectivity index (χ1n) is 7.15. The van der Waals surface area contributed by atoms with E-state index in [2.05, 4.69) is 27.2 Å². The van der Waals surface area contributed by atoms with Gasteiger partial charge in [-0.05, 0) is 6.07 Å². The summed E-state index contributed by atoms with van der Waals surface area (Å²) in [4.78, 5) is 31.9. The molecule has 3 amide bonds. The van der Waals surface area contributed by atoms with E-state index in [4.69, 9.17) is 0 Å². The third kappa shape index (κ3) is 2.05. The van der Waals surface area contributed by atoms with Crippen LogP contribution < -0.4 is 10.6 Å². The number of amides is 3. The lowest BCUT2D eigenvalue weighted by Gasteiger charge is -2.16. The van der Waals surface area contributed by atoms with Crippen LogP contribution in [0.4, 0.5) is 4.79 Å². The number of rotatable bonds is 3. The maximum Gasteiger partial charge on any atom is 0.326 e. The lowest BCUT2D eigenvalue weighted by Crippen LogP contribution is -2.57. The Hall–Kier alpha value is -3.22. The molecule has 0 radical (unpaired) electrons. The van der Waals surface area contributed by atoms with Crippen LogP contribution in [0.5, 0.6) is 0 Å². The van der Waals surface area contributed by atoms with E-state index >= 15 is 0 Å². The second-order valence-corrected chi connectivity index (χ2v) is 5.30. The van der Waals surface area contributed by atoms with Crippen LogP contribution in [0.2, 0.25) is 0 Å². The Bertz CT molecular complexity index is 922. The summed E-state index contributed by atoms with van der Waals surface area (Å²) in [5.74, 6) is 0.257. The molecule has 3 heterocycles. The Morgan fingerprint density at radius 1 is 1.26 bits per heavy atom. The van der Waals surface area contributed by atoms with Crippen LogP contribution in [0.3, 0.4) is 0 Å². The SMILES string of the molecule is C=CCn1cc(C2=N[C@H]3C(=O)NC(=O)NC3=N2)c2ccccc21. The topological polar surface area (TPSA) is 87.8 Å². The van der Waals surface area contributed by atoms with Crippen molar-refractivity contribution >= 4 is 34.5 Å². The van der Waals surface area contributed by atoms with Crippen LogP contribution >= 0.6 is 0 Å². The number of para-hydroxylation sites is 1. The average Bonchev–Trinajstić information content (AvgIpc) is 3.10. The van der Waals surface area contributed by atoms with Crippen molar-refractivity contribution in [2.75, 3.05) is 0 Å². The van der Waals surface area contributed by atoms with Crippen molar-refractivity contribution in [1.29, 1.82) is 0 Å². The minimum Gasteiger partial charge on any atom is -0.343 e. The molecule has 114 valence electrons. The molecule has 0 saturated carbocycles. The van der Waals surface area contributed by atoms with Gasteiger partial charge in [0.05, 0.1) is 0 Å². The summed E-state index contributed by atoms with van der Waals surface area (Å²) in [7, 11) is 0. The van der Waals surface area contributed by atoms with Crippen LogP contribution in [0.1, 0.15) is 5.56 Å². The van der Waals surface area contributed by atoms with Crippen molar-refractivity contribution < 1.29 is 9.59 Å². The number of hydrogen-bond acceptors (Lipinski definition) is 4. The highest BCUT2D eigenvalue weighted by Gasteiger charge is 2.36. The molecule has 0 bridgehead atoms. The van der Waals surface area contributed by atoms with Crippen LogP contribution in [0, 0.1) is 0 Å². The molecule has 1 aromatic carbocycles. The van der Waals surface area contributed by atoms with E-state index in [1.54, 1.807) is 0 Å². The Kier molecular flexibility index (Phi) is 2.87.